The first-order valence-electron chi connectivity index (χ1n) is 4.22. The van der Waals surface area contributed by atoms with Gasteiger partial charge in [-0.15, -0.1) is 0 Å². The molecule has 0 N–H and O–H groups in total. The van der Waals surface area contributed by atoms with E-state index in [1.54, 1.807) is 0 Å². The molecule has 0 nitrogen and oxygen atoms in total. The fourth-order valence-corrected chi connectivity index (χ4v) is 1.38. The van der Waals surface area contributed by atoms with Crippen molar-refractivity contribution in [3.63, 3.8) is 0 Å². The number of rotatable bonds is 4. The second-order valence-electron chi connectivity index (χ2n) is 3.20. The average molecular weight is 144 g/mol. The Morgan fingerprint density at radius 3 is 1.70 bits per heavy atom. The molecule has 64 valence electrons. The molecule has 0 radical (unpaired) electrons. The van der Waals surface area contributed by atoms with E-state index in [4.69, 9.17) is 0 Å². The van der Waals surface area contributed by atoms with Crippen molar-refractivity contribution in [3.05, 3.63) is 0 Å². The summed E-state index contributed by atoms with van der Waals surface area (Å²) in [5.74, 6) is 1.85. The van der Waals surface area contributed by atoms with Gasteiger partial charge in [0, 0.05) is 0 Å². The third kappa shape index (κ3) is 4.84. The average Bonchev–Trinajstić information content (AvgIpc) is 1.82. The van der Waals surface area contributed by atoms with E-state index in [1.807, 2.05) is 0 Å². The predicted molar refractivity (Wildman–Crippen MR) is 50.3 cm³/mol. The normalized spacial score (nSPS) is 12.9. The molecule has 0 fully saturated rings. The fraction of sp³-hybridized carbons (Fsp3) is 1.00. The summed E-state index contributed by atoms with van der Waals surface area (Å²) in [6.07, 6.45) is 4.11. The van der Waals surface area contributed by atoms with E-state index >= 15 is 0 Å². The first-order valence-corrected chi connectivity index (χ1v) is 4.22. The molecule has 0 aliphatic rings. The quantitative estimate of drug-likeness (QED) is 0.557. The van der Waals surface area contributed by atoms with Crippen LogP contribution in [-0.2, 0) is 0 Å². The lowest BCUT2D eigenvalue weighted by Crippen LogP contribution is -2.06. The second kappa shape index (κ2) is 7.11. The maximum atomic E-state index is 2.32. The lowest BCUT2D eigenvalue weighted by atomic mass is 9.89. The molecule has 0 unspecified atom stereocenters. The lowest BCUT2D eigenvalue weighted by molar-refractivity contribution is 0.346. The molecule has 0 rings (SSSR count). The Morgan fingerprint density at radius 1 is 1.10 bits per heavy atom. The van der Waals surface area contributed by atoms with Crippen LogP contribution in [0, 0.1) is 11.8 Å². The van der Waals surface area contributed by atoms with Crippen molar-refractivity contribution in [2.75, 3.05) is 0 Å². The molecule has 0 spiro atoms. The molecule has 1 atom stereocenters. The van der Waals surface area contributed by atoms with Crippen LogP contribution >= 0.6 is 0 Å². The zero-order valence-electron chi connectivity index (χ0n) is 7.28. The molecule has 0 heteroatoms. The van der Waals surface area contributed by atoms with E-state index in [0.29, 0.717) is 0 Å². The molecule has 0 aromatic heterocycles. The highest BCUT2D eigenvalue weighted by Gasteiger charge is 2.08. The summed E-state index contributed by atoms with van der Waals surface area (Å²) < 4.78 is 0. The minimum atomic E-state index is 0. The third-order valence-corrected chi connectivity index (χ3v) is 2.13. The van der Waals surface area contributed by atoms with Crippen molar-refractivity contribution < 1.29 is 0 Å². The largest absolute Gasteiger partial charge is 0.0776 e. The van der Waals surface area contributed by atoms with Gasteiger partial charge in [0.05, 0.1) is 0 Å². The zero-order chi connectivity index (χ0) is 7.28. The van der Waals surface area contributed by atoms with Gasteiger partial charge in [-0.1, -0.05) is 54.4 Å². The Hall–Kier alpha value is 0. The molecule has 0 heterocycles. The smallest absolute Gasteiger partial charge is 0.0394 e. The summed E-state index contributed by atoms with van der Waals surface area (Å²) in [6.45, 7) is 9.21. The van der Waals surface area contributed by atoms with Crippen LogP contribution in [0.2, 0.25) is 0 Å². The van der Waals surface area contributed by atoms with Crippen LogP contribution in [0.25, 0.3) is 0 Å². The van der Waals surface area contributed by atoms with Crippen molar-refractivity contribution in [1.82, 2.24) is 0 Å². The van der Waals surface area contributed by atoms with Gasteiger partial charge in [0.1, 0.15) is 0 Å². The van der Waals surface area contributed by atoms with Crippen LogP contribution in [0.3, 0.4) is 0 Å². The molecular formula is C10H24. The van der Waals surface area contributed by atoms with Gasteiger partial charge in [-0.05, 0) is 11.8 Å². The Labute approximate surface area is 67.0 Å². The van der Waals surface area contributed by atoms with E-state index in [2.05, 4.69) is 27.7 Å². The summed E-state index contributed by atoms with van der Waals surface area (Å²) >= 11 is 0. The number of hydrogen-bond acceptors (Lipinski definition) is 0. The minimum absolute atomic E-state index is 0. The van der Waals surface area contributed by atoms with Crippen LogP contribution < -0.4 is 0 Å². The first kappa shape index (κ1) is 12.7. The summed E-state index contributed by atoms with van der Waals surface area (Å²) in [6, 6.07) is 0. The van der Waals surface area contributed by atoms with E-state index in [-0.39, 0.29) is 7.43 Å². The summed E-state index contributed by atoms with van der Waals surface area (Å²) in [5, 5.41) is 0. The topological polar surface area (TPSA) is 0 Å². The van der Waals surface area contributed by atoms with Crippen molar-refractivity contribution in [2.24, 2.45) is 11.8 Å². The molecule has 0 aromatic carbocycles. The molecule has 0 aromatic rings. The highest BCUT2D eigenvalue weighted by Crippen LogP contribution is 2.19. The van der Waals surface area contributed by atoms with Crippen LogP contribution in [0.5, 0.6) is 0 Å². The van der Waals surface area contributed by atoms with Gasteiger partial charge in [-0.25, -0.2) is 0 Å². The predicted octanol–water partition coefficient (Wildman–Crippen LogP) is 4.10. The van der Waals surface area contributed by atoms with Crippen molar-refractivity contribution in [3.8, 4) is 0 Å². The second-order valence-corrected chi connectivity index (χ2v) is 3.20. The molecule has 0 aliphatic carbocycles. The summed E-state index contributed by atoms with van der Waals surface area (Å²) in [5.41, 5.74) is 0. The highest BCUT2D eigenvalue weighted by atomic mass is 14.1. The van der Waals surface area contributed by atoms with Crippen LogP contribution in [0.1, 0.15) is 54.4 Å². The first-order chi connectivity index (χ1) is 4.22. The van der Waals surface area contributed by atoms with E-state index in [0.717, 1.165) is 11.8 Å². The Kier molecular flexibility index (Phi) is 9.00. The van der Waals surface area contributed by atoms with Gasteiger partial charge in [0.2, 0.25) is 0 Å². The van der Waals surface area contributed by atoms with E-state index in [9.17, 15) is 0 Å². The fourth-order valence-electron chi connectivity index (χ4n) is 1.38. The van der Waals surface area contributed by atoms with E-state index < -0.39 is 0 Å². The van der Waals surface area contributed by atoms with Gasteiger partial charge in [-0.3, -0.25) is 0 Å². The summed E-state index contributed by atoms with van der Waals surface area (Å²) in [4.78, 5) is 0. The van der Waals surface area contributed by atoms with Crippen molar-refractivity contribution in [1.29, 1.82) is 0 Å². The third-order valence-electron chi connectivity index (χ3n) is 2.13. The summed E-state index contributed by atoms with van der Waals surface area (Å²) in [7, 11) is 0. The van der Waals surface area contributed by atoms with Gasteiger partial charge >= 0.3 is 0 Å². The minimum Gasteiger partial charge on any atom is -0.0776 e. The van der Waals surface area contributed by atoms with Gasteiger partial charge in [0.25, 0.3) is 0 Å². The highest BCUT2D eigenvalue weighted by molar-refractivity contribution is 4.59. The number of hydrogen-bond donors (Lipinski definition) is 0. The maximum Gasteiger partial charge on any atom is -0.0394 e. The molecular weight excluding hydrogens is 120 g/mol. The van der Waals surface area contributed by atoms with Gasteiger partial charge < -0.3 is 0 Å². The SMILES string of the molecule is C.CCC[C@H](CC)C(C)C. The lowest BCUT2D eigenvalue weighted by Gasteiger charge is -2.17. The standard InChI is InChI=1S/C9H20.CH4/c1-5-7-9(6-2)8(3)4;/h8-9H,5-7H2,1-4H3;1H4/t9-;/m0./s1. The van der Waals surface area contributed by atoms with Crippen LogP contribution in [0.4, 0.5) is 0 Å². The molecule has 0 saturated carbocycles. The molecule has 0 saturated heterocycles. The van der Waals surface area contributed by atoms with Crippen molar-refractivity contribution >= 4 is 0 Å². The Bertz CT molecular complexity index is 55.1. The van der Waals surface area contributed by atoms with Gasteiger partial charge in [0.15, 0.2) is 0 Å². The molecule has 0 aliphatic heterocycles. The zero-order valence-corrected chi connectivity index (χ0v) is 7.28. The van der Waals surface area contributed by atoms with Gasteiger partial charge in [-0.2, -0.15) is 0 Å². The Morgan fingerprint density at radius 2 is 1.60 bits per heavy atom. The molecule has 0 bridgehead atoms. The monoisotopic (exact) mass is 144 g/mol. The Balaban J connectivity index is 0. The van der Waals surface area contributed by atoms with Crippen LogP contribution in [0.15, 0.2) is 0 Å². The van der Waals surface area contributed by atoms with E-state index in [1.165, 1.54) is 19.3 Å². The molecule has 10 heavy (non-hydrogen) atoms. The molecule has 0 amide bonds. The van der Waals surface area contributed by atoms with Crippen LogP contribution in [-0.4, -0.2) is 0 Å². The maximum absolute atomic E-state index is 2.32. The van der Waals surface area contributed by atoms with Crippen molar-refractivity contribution in [2.45, 2.75) is 54.4 Å².